The molecule has 1 heterocycles. The van der Waals surface area contributed by atoms with Gasteiger partial charge in [0.2, 0.25) is 0 Å². The molecule has 0 saturated heterocycles. The molecule has 0 radical (unpaired) electrons. The maximum atomic E-state index is 11.2. The standard InChI is InChI=1S/C19H33N3O2S/c1-5-24-17(23)12-8-6-7-9-13-21-18(20-4)22-15-19(2,3)16-11-10-14-25-16/h10-11,14H,5-9,12-13,15H2,1-4H3,(H2,20,21,22). The average Bonchev–Trinajstić information content (AvgIpc) is 3.12. The van der Waals surface area contributed by atoms with Crippen LogP contribution >= 0.6 is 11.3 Å². The van der Waals surface area contributed by atoms with E-state index in [4.69, 9.17) is 4.74 Å². The average molecular weight is 368 g/mol. The second-order valence-corrected chi connectivity index (χ2v) is 7.63. The molecule has 6 heteroatoms. The minimum Gasteiger partial charge on any atom is -0.466 e. The number of aliphatic imine (C=N–C) groups is 1. The molecule has 0 fully saturated rings. The Bertz CT molecular complexity index is 513. The van der Waals surface area contributed by atoms with Crippen LogP contribution in [0.25, 0.3) is 0 Å². The highest BCUT2D eigenvalue weighted by Crippen LogP contribution is 2.26. The molecule has 0 spiro atoms. The monoisotopic (exact) mass is 367 g/mol. The molecule has 0 atom stereocenters. The number of esters is 1. The molecule has 2 N–H and O–H groups in total. The first-order valence-corrected chi connectivity index (χ1v) is 10.0. The summed E-state index contributed by atoms with van der Waals surface area (Å²) in [6, 6.07) is 4.27. The number of unbranched alkanes of at least 4 members (excludes halogenated alkanes) is 3. The third-order valence-corrected chi connectivity index (χ3v) is 5.25. The van der Waals surface area contributed by atoms with E-state index in [1.54, 1.807) is 18.4 Å². The Morgan fingerprint density at radius 3 is 2.64 bits per heavy atom. The van der Waals surface area contributed by atoms with Crippen molar-refractivity contribution in [3.8, 4) is 0 Å². The van der Waals surface area contributed by atoms with Gasteiger partial charge in [0, 0.05) is 36.9 Å². The Labute approximate surface area is 156 Å². The van der Waals surface area contributed by atoms with Gasteiger partial charge in [-0.2, -0.15) is 0 Å². The Balaban J connectivity index is 2.13. The zero-order valence-corrected chi connectivity index (χ0v) is 16.9. The summed E-state index contributed by atoms with van der Waals surface area (Å²) in [7, 11) is 1.80. The van der Waals surface area contributed by atoms with E-state index in [-0.39, 0.29) is 11.4 Å². The molecule has 142 valence electrons. The number of ether oxygens (including phenoxy) is 1. The van der Waals surface area contributed by atoms with Gasteiger partial charge in [-0.15, -0.1) is 11.3 Å². The van der Waals surface area contributed by atoms with Crippen LogP contribution in [-0.2, 0) is 14.9 Å². The van der Waals surface area contributed by atoms with Gasteiger partial charge in [-0.1, -0.05) is 32.8 Å². The highest BCUT2D eigenvalue weighted by Gasteiger charge is 2.21. The number of carbonyl (C=O) groups is 1. The topological polar surface area (TPSA) is 62.7 Å². The van der Waals surface area contributed by atoms with E-state index in [1.165, 1.54) is 4.88 Å². The number of thiophene rings is 1. The van der Waals surface area contributed by atoms with Crippen LogP contribution in [0.5, 0.6) is 0 Å². The minimum atomic E-state index is -0.0846. The Morgan fingerprint density at radius 2 is 2.00 bits per heavy atom. The van der Waals surface area contributed by atoms with Gasteiger partial charge in [0.05, 0.1) is 6.61 Å². The highest BCUT2D eigenvalue weighted by atomic mass is 32.1. The summed E-state index contributed by atoms with van der Waals surface area (Å²) in [5, 5.41) is 8.89. The van der Waals surface area contributed by atoms with Crippen molar-refractivity contribution in [3.05, 3.63) is 22.4 Å². The molecule has 0 aromatic carbocycles. The lowest BCUT2D eigenvalue weighted by atomic mass is 9.91. The summed E-state index contributed by atoms with van der Waals surface area (Å²) >= 11 is 1.79. The molecule has 25 heavy (non-hydrogen) atoms. The Morgan fingerprint density at radius 1 is 1.24 bits per heavy atom. The van der Waals surface area contributed by atoms with Gasteiger partial charge in [0.15, 0.2) is 5.96 Å². The van der Waals surface area contributed by atoms with Crippen LogP contribution in [-0.4, -0.2) is 38.7 Å². The van der Waals surface area contributed by atoms with E-state index in [0.717, 1.165) is 44.7 Å². The lowest BCUT2D eigenvalue weighted by molar-refractivity contribution is -0.143. The first kappa shape index (κ1) is 21.5. The minimum absolute atomic E-state index is 0.0822. The van der Waals surface area contributed by atoms with Crippen LogP contribution in [0.1, 0.15) is 57.8 Å². The largest absolute Gasteiger partial charge is 0.466 e. The van der Waals surface area contributed by atoms with E-state index < -0.39 is 0 Å². The van der Waals surface area contributed by atoms with Crippen molar-refractivity contribution in [2.45, 2.75) is 58.3 Å². The molecular weight excluding hydrogens is 334 g/mol. The second kappa shape index (κ2) is 11.9. The van der Waals surface area contributed by atoms with E-state index >= 15 is 0 Å². The zero-order valence-electron chi connectivity index (χ0n) is 16.1. The summed E-state index contributed by atoms with van der Waals surface area (Å²) < 4.78 is 4.92. The molecule has 0 aliphatic carbocycles. The van der Waals surface area contributed by atoms with Gasteiger partial charge >= 0.3 is 5.97 Å². The fourth-order valence-corrected chi connectivity index (χ4v) is 3.32. The summed E-state index contributed by atoms with van der Waals surface area (Å²) in [5.41, 5.74) is 0.0822. The zero-order chi connectivity index (χ0) is 18.5. The summed E-state index contributed by atoms with van der Waals surface area (Å²) in [4.78, 5) is 16.9. The van der Waals surface area contributed by atoms with Crippen molar-refractivity contribution in [2.24, 2.45) is 4.99 Å². The van der Waals surface area contributed by atoms with Crippen molar-refractivity contribution in [2.75, 3.05) is 26.7 Å². The number of hydrogen-bond acceptors (Lipinski definition) is 4. The number of nitrogens with one attached hydrogen (secondary N) is 2. The lowest BCUT2D eigenvalue weighted by Gasteiger charge is -2.25. The van der Waals surface area contributed by atoms with E-state index in [9.17, 15) is 4.79 Å². The van der Waals surface area contributed by atoms with Crippen LogP contribution in [0.15, 0.2) is 22.5 Å². The fraction of sp³-hybridized carbons (Fsp3) is 0.684. The number of nitrogens with zero attached hydrogens (tertiary/aromatic N) is 1. The van der Waals surface area contributed by atoms with Crippen molar-refractivity contribution in [3.63, 3.8) is 0 Å². The highest BCUT2D eigenvalue weighted by molar-refractivity contribution is 7.10. The van der Waals surface area contributed by atoms with E-state index in [2.05, 4.69) is 47.0 Å². The molecule has 1 rings (SSSR count). The van der Waals surface area contributed by atoms with Crippen LogP contribution in [0.2, 0.25) is 0 Å². The van der Waals surface area contributed by atoms with Crippen LogP contribution < -0.4 is 10.6 Å². The SMILES string of the molecule is CCOC(=O)CCCCCCNC(=NC)NCC(C)(C)c1cccs1. The molecule has 5 nitrogen and oxygen atoms in total. The van der Waals surface area contributed by atoms with E-state index in [0.29, 0.717) is 13.0 Å². The number of rotatable bonds is 11. The molecular formula is C19H33N3O2S. The summed E-state index contributed by atoms with van der Waals surface area (Å²) in [6.45, 7) is 8.51. The van der Waals surface area contributed by atoms with Crippen molar-refractivity contribution in [1.82, 2.24) is 10.6 Å². The van der Waals surface area contributed by atoms with Gasteiger partial charge < -0.3 is 15.4 Å². The smallest absolute Gasteiger partial charge is 0.305 e. The first-order chi connectivity index (χ1) is 12.0. The molecule has 0 aliphatic rings. The van der Waals surface area contributed by atoms with Gasteiger partial charge in [-0.25, -0.2) is 0 Å². The van der Waals surface area contributed by atoms with Crippen molar-refractivity contribution < 1.29 is 9.53 Å². The second-order valence-electron chi connectivity index (χ2n) is 6.68. The number of hydrogen-bond donors (Lipinski definition) is 2. The van der Waals surface area contributed by atoms with Crippen LogP contribution in [0.4, 0.5) is 0 Å². The molecule has 0 aliphatic heterocycles. The van der Waals surface area contributed by atoms with Crippen LogP contribution in [0.3, 0.4) is 0 Å². The molecule has 0 amide bonds. The van der Waals surface area contributed by atoms with Gasteiger partial charge in [-0.3, -0.25) is 9.79 Å². The maximum Gasteiger partial charge on any atom is 0.305 e. The fourth-order valence-electron chi connectivity index (χ4n) is 2.46. The molecule has 1 aromatic rings. The lowest BCUT2D eigenvalue weighted by Crippen LogP contribution is -2.43. The number of carbonyl (C=O) groups excluding carboxylic acids is 1. The van der Waals surface area contributed by atoms with E-state index in [1.807, 2.05) is 6.92 Å². The normalized spacial score (nSPS) is 12.1. The Kier molecular flexibility index (Phi) is 10.2. The molecule has 1 aromatic heterocycles. The van der Waals surface area contributed by atoms with Crippen molar-refractivity contribution in [1.29, 1.82) is 0 Å². The summed E-state index contributed by atoms with van der Waals surface area (Å²) in [6.07, 6.45) is 4.66. The third-order valence-electron chi connectivity index (χ3n) is 4.02. The predicted molar refractivity (Wildman–Crippen MR) is 106 cm³/mol. The van der Waals surface area contributed by atoms with Gasteiger partial charge in [0.25, 0.3) is 0 Å². The molecule has 0 bridgehead atoms. The first-order valence-electron chi connectivity index (χ1n) is 9.13. The predicted octanol–water partition coefficient (Wildman–Crippen LogP) is 3.70. The third kappa shape index (κ3) is 8.91. The van der Waals surface area contributed by atoms with Crippen LogP contribution in [0, 0.1) is 0 Å². The Hall–Kier alpha value is -1.56. The quantitative estimate of drug-likeness (QED) is 0.271. The van der Waals surface area contributed by atoms with Crippen molar-refractivity contribution >= 4 is 23.3 Å². The molecule has 0 unspecified atom stereocenters. The number of guanidine groups is 1. The van der Waals surface area contributed by atoms with Gasteiger partial charge in [-0.05, 0) is 31.2 Å². The maximum absolute atomic E-state index is 11.2. The van der Waals surface area contributed by atoms with Gasteiger partial charge in [0.1, 0.15) is 0 Å². The molecule has 0 saturated carbocycles. The summed E-state index contributed by atoms with van der Waals surface area (Å²) in [5.74, 6) is 0.759.